The van der Waals surface area contributed by atoms with Crippen molar-refractivity contribution in [1.29, 1.82) is 0 Å². The number of fused-ring (bicyclic) bond motifs is 5. The molecule has 3 saturated carbocycles. The maximum Gasteiger partial charge on any atom is 0.260 e. The molecule has 6 atom stereocenters. The molecule has 35 heavy (non-hydrogen) atoms. The normalized spacial score (nSPS) is 39.1. The molecule has 4 aliphatic carbocycles. The number of carbonyl (C=O) groups is 1. The van der Waals surface area contributed by atoms with Crippen LogP contribution in [0.2, 0.25) is 0 Å². The van der Waals surface area contributed by atoms with Crippen molar-refractivity contribution in [1.82, 2.24) is 15.3 Å². The molecule has 7 heteroatoms. The van der Waals surface area contributed by atoms with Gasteiger partial charge in [-0.25, -0.2) is 4.98 Å². The molecular weight excluding hydrogens is 440 g/mol. The standard InChI is InChI=1S/C28H38N4O3/c1-4-28(34)13-9-24-22-6-5-19-15-20(7-11-26(19,2)23(22)8-12-27(24,28)3)32-35-17-25(33)30-14-10-21-16-29-18-31-21/h1,15-16,18,22-24,34H,5-14,17H2,2-3H3,(H,29,31)(H,30,33)/b32-20+/t22-,23+,24+,26+,27+,28-/m1/s1. The molecule has 1 aromatic rings. The van der Waals surface area contributed by atoms with E-state index in [-0.39, 0.29) is 23.3 Å². The van der Waals surface area contributed by atoms with Crippen LogP contribution in [-0.2, 0) is 16.1 Å². The number of aromatic amines is 1. The molecule has 0 radical (unpaired) electrons. The predicted octanol–water partition coefficient (Wildman–Crippen LogP) is 3.77. The van der Waals surface area contributed by atoms with Crippen molar-refractivity contribution < 1.29 is 14.7 Å². The van der Waals surface area contributed by atoms with Crippen LogP contribution in [0, 0.1) is 40.9 Å². The molecule has 0 bridgehead atoms. The molecule has 1 heterocycles. The molecule has 3 fully saturated rings. The van der Waals surface area contributed by atoms with Crippen molar-refractivity contribution in [2.75, 3.05) is 13.2 Å². The van der Waals surface area contributed by atoms with E-state index in [1.54, 1.807) is 12.5 Å². The fourth-order valence-electron chi connectivity index (χ4n) is 7.88. The first-order valence-corrected chi connectivity index (χ1v) is 13.1. The highest BCUT2D eigenvalue weighted by molar-refractivity contribution is 5.96. The lowest BCUT2D eigenvalue weighted by atomic mass is 9.46. The zero-order valence-electron chi connectivity index (χ0n) is 21.0. The molecule has 0 aromatic carbocycles. The van der Waals surface area contributed by atoms with Gasteiger partial charge in [0, 0.05) is 30.3 Å². The van der Waals surface area contributed by atoms with E-state index >= 15 is 0 Å². The maximum absolute atomic E-state index is 12.1. The number of amides is 1. The fourth-order valence-corrected chi connectivity index (χ4v) is 7.88. The highest BCUT2D eigenvalue weighted by atomic mass is 16.6. The number of rotatable bonds is 6. The summed E-state index contributed by atoms with van der Waals surface area (Å²) in [6, 6.07) is 0. The van der Waals surface area contributed by atoms with Gasteiger partial charge in [-0.1, -0.05) is 30.5 Å². The number of terminal acetylenes is 1. The van der Waals surface area contributed by atoms with Crippen molar-refractivity contribution >= 4 is 11.6 Å². The van der Waals surface area contributed by atoms with Crippen LogP contribution in [0.5, 0.6) is 0 Å². The van der Waals surface area contributed by atoms with Crippen LogP contribution in [0.4, 0.5) is 0 Å². The number of H-pyrrole nitrogens is 1. The Hall–Kier alpha value is -2.59. The second-order valence-corrected chi connectivity index (χ2v) is 11.5. The monoisotopic (exact) mass is 478 g/mol. The van der Waals surface area contributed by atoms with E-state index in [2.05, 4.69) is 46.3 Å². The number of nitrogens with zero attached hydrogens (tertiary/aromatic N) is 2. The number of hydrogen-bond acceptors (Lipinski definition) is 5. The minimum absolute atomic E-state index is 0.0734. The second kappa shape index (κ2) is 9.13. The van der Waals surface area contributed by atoms with Crippen molar-refractivity contribution in [3.8, 4) is 12.3 Å². The van der Waals surface area contributed by atoms with E-state index in [1.165, 1.54) is 5.57 Å². The van der Waals surface area contributed by atoms with Gasteiger partial charge in [0.25, 0.3) is 5.91 Å². The van der Waals surface area contributed by atoms with Crippen LogP contribution in [0.1, 0.15) is 70.9 Å². The van der Waals surface area contributed by atoms with Crippen LogP contribution >= 0.6 is 0 Å². The molecule has 4 aliphatic rings. The Balaban J connectivity index is 1.19. The van der Waals surface area contributed by atoms with Crippen LogP contribution in [0.3, 0.4) is 0 Å². The summed E-state index contributed by atoms with van der Waals surface area (Å²) >= 11 is 0. The highest BCUT2D eigenvalue weighted by Gasteiger charge is 2.63. The summed E-state index contributed by atoms with van der Waals surface area (Å²) in [4.78, 5) is 24.5. The van der Waals surface area contributed by atoms with Gasteiger partial charge < -0.3 is 20.2 Å². The van der Waals surface area contributed by atoms with Gasteiger partial charge in [0.1, 0.15) is 5.60 Å². The van der Waals surface area contributed by atoms with Gasteiger partial charge in [-0.05, 0) is 80.6 Å². The SMILES string of the molecule is C#C[C@@]1(O)CC[C@H]2[C@@H]3CCC4=C/C(=N/OCC(=O)NCCc5cnc[nH]5)CC[C@]4(C)[C@H]3CC[C@@]21C. The first-order valence-electron chi connectivity index (χ1n) is 13.1. The Labute approximate surface area is 208 Å². The van der Waals surface area contributed by atoms with Gasteiger partial charge in [0.2, 0.25) is 0 Å². The van der Waals surface area contributed by atoms with Crippen LogP contribution < -0.4 is 5.32 Å². The smallest absolute Gasteiger partial charge is 0.260 e. The third-order valence-electron chi connectivity index (χ3n) is 10.0. The summed E-state index contributed by atoms with van der Waals surface area (Å²) < 4.78 is 0. The molecule has 0 spiro atoms. The quantitative estimate of drug-likeness (QED) is 0.428. The molecule has 3 N–H and O–H groups in total. The third-order valence-corrected chi connectivity index (χ3v) is 10.0. The average Bonchev–Trinajstić information content (AvgIpc) is 3.45. The zero-order chi connectivity index (χ0) is 24.7. The number of aromatic nitrogens is 2. The topological polar surface area (TPSA) is 99.6 Å². The number of nitrogens with one attached hydrogen (secondary N) is 2. The summed E-state index contributed by atoms with van der Waals surface area (Å²) in [5, 5.41) is 18.3. The van der Waals surface area contributed by atoms with E-state index in [0.717, 1.165) is 62.8 Å². The van der Waals surface area contributed by atoms with Gasteiger partial charge in [-0.15, -0.1) is 6.42 Å². The number of hydrogen-bond donors (Lipinski definition) is 3. The summed E-state index contributed by atoms with van der Waals surface area (Å²) in [6.07, 6.45) is 20.2. The zero-order valence-corrected chi connectivity index (χ0v) is 21.0. The minimum atomic E-state index is -0.950. The van der Waals surface area contributed by atoms with Gasteiger partial charge in [-0.3, -0.25) is 4.79 Å². The second-order valence-electron chi connectivity index (χ2n) is 11.5. The lowest BCUT2D eigenvalue weighted by Crippen LogP contribution is -2.54. The summed E-state index contributed by atoms with van der Waals surface area (Å²) in [6.45, 7) is 5.14. The summed E-state index contributed by atoms with van der Waals surface area (Å²) in [7, 11) is 0. The molecule has 1 aromatic heterocycles. The average molecular weight is 479 g/mol. The molecule has 0 saturated heterocycles. The van der Waals surface area contributed by atoms with Gasteiger partial charge in [-0.2, -0.15) is 0 Å². The Morgan fingerprint density at radius 2 is 2.11 bits per heavy atom. The Bertz CT molecular complexity index is 1060. The van der Waals surface area contributed by atoms with Gasteiger partial charge in [0.05, 0.1) is 12.0 Å². The van der Waals surface area contributed by atoms with Crippen LogP contribution in [0.15, 0.2) is 29.3 Å². The molecule has 0 aliphatic heterocycles. The maximum atomic E-state index is 12.1. The largest absolute Gasteiger partial charge is 0.385 e. The van der Waals surface area contributed by atoms with Crippen LogP contribution in [-0.4, -0.2) is 45.4 Å². The van der Waals surface area contributed by atoms with Crippen molar-refractivity contribution in [2.45, 2.75) is 77.2 Å². The molecular formula is C28H38N4O3. The Morgan fingerprint density at radius 3 is 2.89 bits per heavy atom. The number of imidazole rings is 1. The van der Waals surface area contributed by atoms with Gasteiger partial charge >= 0.3 is 0 Å². The van der Waals surface area contributed by atoms with E-state index < -0.39 is 5.60 Å². The van der Waals surface area contributed by atoms with E-state index in [4.69, 9.17) is 11.3 Å². The van der Waals surface area contributed by atoms with Crippen LogP contribution in [0.25, 0.3) is 0 Å². The highest BCUT2D eigenvalue weighted by Crippen LogP contribution is 2.67. The first kappa shape index (κ1) is 24.1. The summed E-state index contributed by atoms with van der Waals surface area (Å²) in [5.41, 5.74) is 2.46. The Morgan fingerprint density at radius 1 is 1.29 bits per heavy atom. The lowest BCUT2D eigenvalue weighted by Gasteiger charge is -2.58. The van der Waals surface area contributed by atoms with Crippen molar-refractivity contribution in [3.05, 3.63) is 29.9 Å². The lowest BCUT2D eigenvalue weighted by molar-refractivity contribution is -0.125. The number of oxime groups is 1. The van der Waals surface area contributed by atoms with E-state index in [1.807, 2.05) is 0 Å². The molecule has 7 nitrogen and oxygen atoms in total. The molecule has 188 valence electrons. The van der Waals surface area contributed by atoms with Crippen molar-refractivity contribution in [2.24, 2.45) is 33.7 Å². The summed E-state index contributed by atoms with van der Waals surface area (Å²) in [5.74, 6) is 4.36. The van der Waals surface area contributed by atoms with Crippen molar-refractivity contribution in [3.63, 3.8) is 0 Å². The first-order chi connectivity index (χ1) is 16.8. The molecule has 0 unspecified atom stereocenters. The van der Waals surface area contributed by atoms with E-state index in [9.17, 15) is 9.90 Å². The van der Waals surface area contributed by atoms with E-state index in [0.29, 0.717) is 30.7 Å². The number of carbonyl (C=O) groups excluding carboxylic acids is 1. The number of allylic oxidation sites excluding steroid dienone is 2. The minimum Gasteiger partial charge on any atom is -0.385 e. The predicted molar refractivity (Wildman–Crippen MR) is 134 cm³/mol. The molecule has 1 amide bonds. The number of aliphatic hydroxyl groups is 1. The third kappa shape index (κ3) is 4.10. The van der Waals surface area contributed by atoms with Gasteiger partial charge in [0.15, 0.2) is 6.61 Å². The fraction of sp³-hybridized carbons (Fsp3) is 0.679. The Kier molecular flexibility index (Phi) is 6.29. The molecule has 5 rings (SSSR count).